The van der Waals surface area contributed by atoms with Crippen LogP contribution in [0.15, 0.2) is 104 Å². The maximum atomic E-state index is 7.77. The summed E-state index contributed by atoms with van der Waals surface area (Å²) in [6, 6.07) is 16.0. The van der Waals surface area contributed by atoms with Crippen molar-refractivity contribution in [3.05, 3.63) is 104 Å². The molecule has 0 amide bonds. The minimum atomic E-state index is 0.637. The number of hydrogen-bond donors (Lipinski definition) is 2. The van der Waals surface area contributed by atoms with Crippen LogP contribution >= 0.6 is 0 Å². The molecule has 12 rings (SSSR count). The van der Waals surface area contributed by atoms with Crippen LogP contribution in [0.3, 0.4) is 0 Å². The fourth-order valence-electron chi connectivity index (χ4n) is 7.30. The summed E-state index contributed by atoms with van der Waals surface area (Å²) >= 11 is 0. The van der Waals surface area contributed by atoms with Gasteiger partial charge in [-0.05, 0) is 41.0 Å². The first kappa shape index (κ1) is 26.1. The summed E-state index contributed by atoms with van der Waals surface area (Å²) in [6.45, 7) is 0. The molecule has 0 atom stereocenters. The van der Waals surface area contributed by atoms with Crippen molar-refractivity contribution < 1.29 is 0 Å². The quantitative estimate of drug-likeness (QED) is 0.264. The number of allylic oxidation sites excluding steroid dienone is 1. The van der Waals surface area contributed by atoms with Gasteiger partial charge in [0.05, 0.1) is 49.6 Å². The van der Waals surface area contributed by atoms with E-state index < -0.39 is 0 Å². The fourth-order valence-corrected chi connectivity index (χ4v) is 7.30. The third kappa shape index (κ3) is 3.26. The topological polar surface area (TPSA) is 175 Å². The van der Waals surface area contributed by atoms with Crippen molar-refractivity contribution in [1.29, 1.82) is 5.41 Å². The third-order valence-electron chi connectivity index (χ3n) is 9.43. The molecule has 51 heavy (non-hydrogen) atoms. The van der Waals surface area contributed by atoms with Crippen molar-refractivity contribution >= 4 is 51.7 Å². The maximum absolute atomic E-state index is 7.77. The zero-order valence-corrected chi connectivity index (χ0v) is 26.0. The summed E-state index contributed by atoms with van der Waals surface area (Å²) in [5, 5.41) is 48.5. The van der Waals surface area contributed by atoms with Crippen LogP contribution in [0.1, 0.15) is 0 Å². The average Bonchev–Trinajstić information content (AvgIpc) is 3.99. The van der Waals surface area contributed by atoms with E-state index in [1.807, 2.05) is 80.7 Å². The van der Waals surface area contributed by atoms with E-state index in [0.29, 0.717) is 5.82 Å². The molecule has 0 bridgehead atoms. The van der Waals surface area contributed by atoms with E-state index in [1.54, 1.807) is 41.7 Å². The second-order valence-electron chi connectivity index (χ2n) is 12.1. The molecule has 1 aromatic carbocycles. The van der Waals surface area contributed by atoms with Crippen LogP contribution in [0, 0.1) is 5.41 Å². The molecule has 0 saturated heterocycles. The number of aromatic nitrogens is 16. The Labute approximate surface area is 282 Å². The number of nitrogens with one attached hydrogen (secondary N) is 2. The first-order valence-corrected chi connectivity index (χ1v) is 15.9. The summed E-state index contributed by atoms with van der Waals surface area (Å²) in [7, 11) is 0. The number of rotatable bonds is 4. The Morgan fingerprint density at radius 1 is 0.490 bits per heavy atom. The van der Waals surface area contributed by atoms with Gasteiger partial charge in [0.25, 0.3) is 0 Å². The smallest absolute Gasteiger partial charge is 0.169 e. The van der Waals surface area contributed by atoms with Gasteiger partial charge in [0.1, 0.15) is 11.6 Å². The highest BCUT2D eigenvalue weighted by Gasteiger charge is 2.27. The highest BCUT2D eigenvalue weighted by molar-refractivity contribution is 5.92. The van der Waals surface area contributed by atoms with Crippen LogP contribution in [-0.2, 0) is 0 Å². The standard InChI is InChI=1S/C33H20N18/c34-7-1-25-43-26-2-8-35-44(26)31-22(16-40-45(25)31)19-13-20(23-17-41-50-29-3-9-36-46(29)27-5-11-38-48(27)32(23)50)15-21(14-19)24-18-42-51-30-4-10-37-47(30)28-6-12-39-49(28)33(24)51/h1-18,34,43H/b25-1+,34-7?. The van der Waals surface area contributed by atoms with Crippen molar-refractivity contribution in [2.75, 3.05) is 5.32 Å². The Kier molecular flexibility index (Phi) is 4.69. The lowest BCUT2D eigenvalue weighted by atomic mass is 9.95. The number of nitrogens with zero attached hydrogens (tertiary/aromatic N) is 16. The second kappa shape index (κ2) is 9.17. The summed E-state index contributed by atoms with van der Waals surface area (Å²) in [6.07, 6.45) is 17.2. The molecule has 0 spiro atoms. The second-order valence-corrected chi connectivity index (χ2v) is 12.1. The number of fused-ring (bicyclic) bond motifs is 15. The molecule has 18 heteroatoms. The molecule has 11 heterocycles. The largest absolute Gasteiger partial charge is 0.325 e. The van der Waals surface area contributed by atoms with E-state index in [4.69, 9.17) is 20.7 Å². The molecule has 0 radical (unpaired) electrons. The lowest BCUT2D eigenvalue weighted by Crippen LogP contribution is -2.21. The summed E-state index contributed by atoms with van der Waals surface area (Å²) in [5.41, 5.74) is 10.0. The predicted molar refractivity (Wildman–Crippen MR) is 185 cm³/mol. The van der Waals surface area contributed by atoms with E-state index >= 15 is 0 Å². The van der Waals surface area contributed by atoms with Gasteiger partial charge in [0.15, 0.2) is 39.7 Å². The Morgan fingerprint density at radius 3 is 1.51 bits per heavy atom. The van der Waals surface area contributed by atoms with Crippen LogP contribution in [0.25, 0.3) is 78.9 Å². The normalized spacial score (nSPS) is 13.8. The Hall–Kier alpha value is -7.89. The van der Waals surface area contributed by atoms with Gasteiger partial charge in [-0.2, -0.15) is 77.2 Å². The molecule has 0 saturated carbocycles. The van der Waals surface area contributed by atoms with Crippen molar-refractivity contribution in [2.45, 2.75) is 0 Å². The number of benzene rings is 1. The number of hydrogen-bond acceptors (Lipinski definition) is 10. The Balaban J connectivity index is 1.18. The third-order valence-corrected chi connectivity index (χ3v) is 9.43. The molecule has 242 valence electrons. The van der Waals surface area contributed by atoms with Crippen LogP contribution < -0.4 is 5.32 Å². The molecule has 10 aromatic heterocycles. The molecule has 1 aliphatic heterocycles. The molecule has 0 aliphatic carbocycles. The molecular weight excluding hydrogens is 648 g/mol. The predicted octanol–water partition coefficient (Wildman–Crippen LogP) is 3.83. The fraction of sp³-hybridized carbons (Fsp3) is 0. The molecule has 11 aromatic rings. The average molecular weight is 669 g/mol. The van der Waals surface area contributed by atoms with E-state index in [0.717, 1.165) is 78.9 Å². The molecule has 2 N–H and O–H groups in total. The summed E-state index contributed by atoms with van der Waals surface area (Å²) < 4.78 is 14.6. The number of anilines is 1. The zero-order chi connectivity index (χ0) is 33.4. The zero-order valence-electron chi connectivity index (χ0n) is 26.0. The highest BCUT2D eigenvalue weighted by atomic mass is 15.5. The lowest BCUT2D eigenvalue weighted by Gasteiger charge is -2.21. The monoisotopic (exact) mass is 668 g/mol. The Bertz CT molecular complexity index is 3050. The van der Waals surface area contributed by atoms with Gasteiger partial charge in [-0.15, -0.1) is 0 Å². The van der Waals surface area contributed by atoms with Crippen LogP contribution in [0.4, 0.5) is 5.82 Å². The van der Waals surface area contributed by atoms with E-state index in [1.165, 1.54) is 6.21 Å². The van der Waals surface area contributed by atoms with Crippen molar-refractivity contribution in [3.8, 4) is 39.2 Å². The van der Waals surface area contributed by atoms with Crippen molar-refractivity contribution in [1.82, 2.24) is 77.2 Å². The van der Waals surface area contributed by atoms with Crippen molar-refractivity contribution in [3.63, 3.8) is 0 Å². The minimum Gasteiger partial charge on any atom is -0.325 e. The van der Waals surface area contributed by atoms with Crippen LogP contribution in [-0.4, -0.2) is 83.5 Å². The van der Waals surface area contributed by atoms with Gasteiger partial charge < -0.3 is 10.7 Å². The van der Waals surface area contributed by atoms with Gasteiger partial charge in [0, 0.05) is 53.2 Å². The SMILES string of the molecule is N=C/C=C1\Nc2ccnn2-c2c(-c3cc(-c4cnn5c6ccnn6c6ccnn6c45)cc(-c4cnn5c6ccnn6c6ccnn6c45)c3)cnn21. The summed E-state index contributed by atoms with van der Waals surface area (Å²) in [5.74, 6) is 2.13. The van der Waals surface area contributed by atoms with Gasteiger partial charge >= 0.3 is 0 Å². The molecule has 0 fully saturated rings. The molecule has 18 nitrogen and oxygen atoms in total. The lowest BCUT2D eigenvalue weighted by molar-refractivity contribution is 0.756. The van der Waals surface area contributed by atoms with E-state index in [2.05, 4.69) is 49.0 Å². The first-order chi connectivity index (χ1) is 25.2. The highest BCUT2D eigenvalue weighted by Crippen LogP contribution is 2.40. The molecular formula is C33H20N18. The van der Waals surface area contributed by atoms with Crippen LogP contribution in [0.2, 0.25) is 0 Å². The van der Waals surface area contributed by atoms with Gasteiger partial charge in [-0.1, -0.05) is 0 Å². The maximum Gasteiger partial charge on any atom is 0.169 e. The van der Waals surface area contributed by atoms with Crippen LogP contribution in [0.5, 0.6) is 0 Å². The van der Waals surface area contributed by atoms with Gasteiger partial charge in [-0.3, -0.25) is 0 Å². The molecule has 0 unspecified atom stereocenters. The van der Waals surface area contributed by atoms with Crippen molar-refractivity contribution in [2.24, 2.45) is 0 Å². The summed E-state index contributed by atoms with van der Waals surface area (Å²) in [4.78, 5) is 0. The van der Waals surface area contributed by atoms with E-state index in [-0.39, 0.29) is 0 Å². The Morgan fingerprint density at radius 2 is 0.961 bits per heavy atom. The van der Waals surface area contributed by atoms with E-state index in [9.17, 15) is 0 Å². The minimum absolute atomic E-state index is 0.637. The van der Waals surface area contributed by atoms with Gasteiger partial charge in [-0.25, -0.2) is 0 Å². The first-order valence-electron chi connectivity index (χ1n) is 15.9. The van der Waals surface area contributed by atoms with Gasteiger partial charge in [0.2, 0.25) is 0 Å². The molecule has 1 aliphatic rings.